The SMILES string of the molecule is C1=C(c2ccc3c(c2)c2ccccc2n3-c2ccc(-c3ccccc3)cc2)CC2C(=C1)N(c1ccc(-c3ccccc3)cc1)c1ccccc12. The number of hydrogen-bond donors (Lipinski definition) is 0. The Morgan fingerprint density at radius 3 is 1.70 bits per heavy atom. The zero-order valence-corrected chi connectivity index (χ0v) is 27.6. The van der Waals surface area contributed by atoms with Gasteiger partial charge in [-0.15, -0.1) is 0 Å². The molecule has 2 heterocycles. The molecule has 7 aromatic carbocycles. The van der Waals surface area contributed by atoms with Crippen molar-refractivity contribution in [1.29, 1.82) is 0 Å². The maximum atomic E-state index is 2.46. The van der Waals surface area contributed by atoms with Gasteiger partial charge < -0.3 is 9.47 Å². The average Bonchev–Trinajstić information content (AvgIpc) is 3.71. The summed E-state index contributed by atoms with van der Waals surface area (Å²) in [6.45, 7) is 0. The third-order valence-electron chi connectivity index (χ3n) is 10.6. The van der Waals surface area contributed by atoms with Crippen LogP contribution in [0.4, 0.5) is 11.4 Å². The van der Waals surface area contributed by atoms with Crippen LogP contribution in [0.15, 0.2) is 194 Å². The molecule has 1 aliphatic carbocycles. The van der Waals surface area contributed by atoms with Gasteiger partial charge in [0.2, 0.25) is 0 Å². The number of hydrogen-bond acceptors (Lipinski definition) is 1. The molecule has 0 saturated heterocycles. The van der Waals surface area contributed by atoms with Crippen molar-refractivity contribution < 1.29 is 0 Å². The Kier molecular flexibility index (Phi) is 6.67. The minimum Gasteiger partial charge on any atom is -0.313 e. The van der Waals surface area contributed by atoms with E-state index in [-0.39, 0.29) is 0 Å². The second-order valence-corrected chi connectivity index (χ2v) is 13.3. The Labute approximate surface area is 292 Å². The minimum atomic E-state index is 0.306. The summed E-state index contributed by atoms with van der Waals surface area (Å²) in [4.78, 5) is 2.46. The van der Waals surface area contributed by atoms with E-state index in [4.69, 9.17) is 0 Å². The second kappa shape index (κ2) is 11.6. The van der Waals surface area contributed by atoms with Crippen molar-refractivity contribution in [3.63, 3.8) is 0 Å². The number of benzene rings is 7. The molecule has 1 unspecified atom stereocenters. The smallest absolute Gasteiger partial charge is 0.0541 e. The van der Waals surface area contributed by atoms with Crippen molar-refractivity contribution in [2.45, 2.75) is 12.3 Å². The lowest BCUT2D eigenvalue weighted by Crippen LogP contribution is -2.15. The van der Waals surface area contributed by atoms with Crippen molar-refractivity contribution in [3.05, 3.63) is 205 Å². The Morgan fingerprint density at radius 1 is 0.420 bits per heavy atom. The van der Waals surface area contributed by atoms with Crippen LogP contribution in [0.2, 0.25) is 0 Å². The van der Waals surface area contributed by atoms with Crippen LogP contribution >= 0.6 is 0 Å². The summed E-state index contributed by atoms with van der Waals surface area (Å²) in [5.41, 5.74) is 16.5. The van der Waals surface area contributed by atoms with E-state index in [0.717, 1.165) is 6.42 Å². The van der Waals surface area contributed by atoms with E-state index in [9.17, 15) is 0 Å². The number of allylic oxidation sites excluding steroid dienone is 4. The predicted molar refractivity (Wildman–Crippen MR) is 210 cm³/mol. The molecule has 1 aromatic heterocycles. The molecule has 0 bridgehead atoms. The van der Waals surface area contributed by atoms with Crippen LogP contribution in [0.25, 0.3) is 55.3 Å². The maximum absolute atomic E-state index is 2.46. The van der Waals surface area contributed by atoms with Gasteiger partial charge in [0.15, 0.2) is 0 Å². The first-order valence-corrected chi connectivity index (χ1v) is 17.4. The highest BCUT2D eigenvalue weighted by molar-refractivity contribution is 6.10. The lowest BCUT2D eigenvalue weighted by molar-refractivity contribution is 0.832. The number of fused-ring (bicyclic) bond motifs is 6. The summed E-state index contributed by atoms with van der Waals surface area (Å²) in [5.74, 6) is 0.306. The molecule has 0 N–H and O–H groups in total. The van der Waals surface area contributed by atoms with Crippen LogP contribution < -0.4 is 4.90 Å². The maximum Gasteiger partial charge on any atom is 0.0541 e. The van der Waals surface area contributed by atoms with Gasteiger partial charge in [-0.3, -0.25) is 0 Å². The zero-order valence-electron chi connectivity index (χ0n) is 27.6. The zero-order chi connectivity index (χ0) is 33.0. The highest BCUT2D eigenvalue weighted by Gasteiger charge is 2.36. The van der Waals surface area contributed by atoms with E-state index in [0.29, 0.717) is 5.92 Å². The molecular weight excluding hydrogens is 605 g/mol. The van der Waals surface area contributed by atoms with E-state index in [1.54, 1.807) is 0 Å². The van der Waals surface area contributed by atoms with Gasteiger partial charge >= 0.3 is 0 Å². The van der Waals surface area contributed by atoms with Crippen LogP contribution in [0.1, 0.15) is 23.5 Å². The van der Waals surface area contributed by atoms with Gasteiger partial charge in [-0.1, -0.05) is 133 Å². The first-order valence-electron chi connectivity index (χ1n) is 17.4. The van der Waals surface area contributed by atoms with Crippen molar-refractivity contribution in [1.82, 2.24) is 4.57 Å². The molecule has 10 rings (SSSR count). The molecule has 0 saturated carbocycles. The highest BCUT2D eigenvalue weighted by Crippen LogP contribution is 2.53. The molecule has 2 heteroatoms. The minimum absolute atomic E-state index is 0.306. The molecule has 0 radical (unpaired) electrons. The Bertz CT molecular complexity index is 2590. The van der Waals surface area contributed by atoms with Gasteiger partial charge in [-0.25, -0.2) is 0 Å². The van der Waals surface area contributed by atoms with E-state index in [2.05, 4.69) is 198 Å². The van der Waals surface area contributed by atoms with Crippen molar-refractivity contribution in [2.75, 3.05) is 4.90 Å². The number of para-hydroxylation sites is 2. The van der Waals surface area contributed by atoms with Gasteiger partial charge in [0.25, 0.3) is 0 Å². The van der Waals surface area contributed by atoms with E-state index in [1.165, 1.54) is 83.5 Å². The molecule has 1 aliphatic heterocycles. The summed E-state index contributed by atoms with van der Waals surface area (Å²) in [5, 5.41) is 2.56. The highest BCUT2D eigenvalue weighted by atomic mass is 15.2. The van der Waals surface area contributed by atoms with E-state index < -0.39 is 0 Å². The van der Waals surface area contributed by atoms with Crippen LogP contribution in [0.5, 0.6) is 0 Å². The van der Waals surface area contributed by atoms with Crippen LogP contribution in [0.3, 0.4) is 0 Å². The van der Waals surface area contributed by atoms with Crippen molar-refractivity contribution in [2.24, 2.45) is 0 Å². The molecule has 0 spiro atoms. The van der Waals surface area contributed by atoms with Crippen LogP contribution in [-0.2, 0) is 0 Å². The first kappa shape index (κ1) is 28.6. The van der Waals surface area contributed by atoms with Crippen LogP contribution in [-0.4, -0.2) is 4.57 Å². The van der Waals surface area contributed by atoms with Gasteiger partial charge in [0.05, 0.1) is 11.0 Å². The first-order chi connectivity index (χ1) is 24.8. The quantitative estimate of drug-likeness (QED) is 0.182. The van der Waals surface area contributed by atoms with Crippen molar-refractivity contribution >= 4 is 38.8 Å². The third-order valence-corrected chi connectivity index (χ3v) is 10.6. The lowest BCUT2D eigenvalue weighted by atomic mass is 9.84. The fraction of sp³-hybridized carbons (Fsp3) is 0.0417. The van der Waals surface area contributed by atoms with E-state index >= 15 is 0 Å². The average molecular weight is 639 g/mol. The number of nitrogens with zero attached hydrogens (tertiary/aromatic N) is 2. The second-order valence-electron chi connectivity index (χ2n) is 13.3. The molecule has 2 aliphatic rings. The van der Waals surface area contributed by atoms with Gasteiger partial charge in [0.1, 0.15) is 0 Å². The summed E-state index contributed by atoms with van der Waals surface area (Å²) in [6.07, 6.45) is 5.68. The Balaban J connectivity index is 1.03. The summed E-state index contributed by atoms with van der Waals surface area (Å²) < 4.78 is 2.41. The summed E-state index contributed by atoms with van der Waals surface area (Å²) in [7, 11) is 0. The molecule has 2 nitrogen and oxygen atoms in total. The van der Waals surface area contributed by atoms with Gasteiger partial charge in [-0.05, 0) is 100.0 Å². The van der Waals surface area contributed by atoms with E-state index in [1.807, 2.05) is 0 Å². The lowest BCUT2D eigenvalue weighted by Gasteiger charge is -2.26. The monoisotopic (exact) mass is 638 g/mol. The topological polar surface area (TPSA) is 8.17 Å². The molecule has 50 heavy (non-hydrogen) atoms. The molecule has 0 fully saturated rings. The van der Waals surface area contributed by atoms with Crippen molar-refractivity contribution in [3.8, 4) is 27.9 Å². The van der Waals surface area contributed by atoms with Gasteiger partial charge in [0, 0.05) is 39.4 Å². The van der Waals surface area contributed by atoms with Gasteiger partial charge in [-0.2, -0.15) is 0 Å². The fourth-order valence-electron chi connectivity index (χ4n) is 8.14. The molecule has 8 aromatic rings. The van der Waals surface area contributed by atoms with Crippen LogP contribution in [0, 0.1) is 0 Å². The molecule has 1 atom stereocenters. The third kappa shape index (κ3) is 4.64. The Hall–Kier alpha value is -6.38. The summed E-state index contributed by atoms with van der Waals surface area (Å²) >= 11 is 0. The normalized spacial score (nSPS) is 15.1. The fourth-order valence-corrected chi connectivity index (χ4v) is 8.14. The molecule has 0 amide bonds. The largest absolute Gasteiger partial charge is 0.313 e. The molecular formula is C48H34N2. The standard InChI is InChI=1S/C48H34N2/c1-3-11-33(12-4-1)35-19-25-39(26-20-35)49-45-17-9-7-15-41(45)43-31-37(23-29-47(43)49)38-24-30-48-44(32-38)42-16-8-10-18-46(42)50(48)40-27-21-36(22-28-40)34-13-5-2-6-14-34/h1-31,44H,32H2. The summed E-state index contributed by atoms with van der Waals surface area (Å²) in [6, 6.07) is 64.0. The number of anilines is 2. The molecule has 236 valence electrons. The number of aromatic nitrogens is 1. The predicted octanol–water partition coefficient (Wildman–Crippen LogP) is 12.7. The Morgan fingerprint density at radius 2 is 0.980 bits per heavy atom. The number of rotatable bonds is 5.